The van der Waals surface area contributed by atoms with E-state index in [1.807, 2.05) is 0 Å². The van der Waals surface area contributed by atoms with Gasteiger partial charge in [-0.3, -0.25) is 4.79 Å². The molecule has 0 spiro atoms. The van der Waals surface area contributed by atoms with Crippen molar-refractivity contribution in [2.75, 3.05) is 0 Å². The minimum Gasteiger partial charge on any atom is -0.299 e. The first-order valence-electron chi connectivity index (χ1n) is 3.88. The molecule has 0 aromatic rings. The normalized spacial score (nSPS) is 25.8. The molecule has 1 heteroatoms. The molecule has 0 radical (unpaired) electrons. The van der Waals surface area contributed by atoms with Crippen molar-refractivity contribution in [1.82, 2.24) is 0 Å². The third-order valence-electron chi connectivity index (χ3n) is 2.09. The van der Waals surface area contributed by atoms with Crippen LogP contribution in [-0.2, 0) is 4.79 Å². The number of Topliss-reactive ketones (excluding diaryl/α,β-unsaturated/α-hetero) is 1. The predicted molar refractivity (Wildman–Crippen MR) is 41.8 cm³/mol. The molecule has 0 amide bonds. The number of rotatable bonds is 1. The third kappa shape index (κ3) is 1.69. The van der Waals surface area contributed by atoms with Crippen molar-refractivity contribution in [2.45, 2.75) is 33.1 Å². The molecule has 0 aliphatic heterocycles. The van der Waals surface area contributed by atoms with E-state index in [1.165, 1.54) is 18.4 Å². The highest BCUT2D eigenvalue weighted by Gasteiger charge is 2.14. The van der Waals surface area contributed by atoms with Crippen LogP contribution >= 0.6 is 0 Å². The van der Waals surface area contributed by atoms with Gasteiger partial charge in [0.05, 0.1) is 0 Å². The minimum atomic E-state index is 0.230. The Hall–Kier alpha value is -0.590. The number of hydrogen-bond donors (Lipinski definition) is 0. The second-order valence-electron chi connectivity index (χ2n) is 3.12. The summed E-state index contributed by atoms with van der Waals surface area (Å²) in [7, 11) is 0. The first-order chi connectivity index (χ1) is 4.70. The van der Waals surface area contributed by atoms with Crippen molar-refractivity contribution in [1.29, 1.82) is 0 Å². The highest BCUT2D eigenvalue weighted by Crippen LogP contribution is 2.22. The van der Waals surface area contributed by atoms with E-state index < -0.39 is 0 Å². The summed E-state index contributed by atoms with van der Waals surface area (Å²) in [5, 5.41) is 0. The Bertz CT molecular complexity index is 168. The van der Waals surface area contributed by atoms with Crippen LogP contribution in [0, 0.1) is 5.92 Å². The van der Waals surface area contributed by atoms with Crippen LogP contribution in [0.3, 0.4) is 0 Å². The van der Waals surface area contributed by atoms with Crippen molar-refractivity contribution >= 4 is 5.78 Å². The van der Waals surface area contributed by atoms with Crippen LogP contribution in [0.2, 0.25) is 0 Å². The summed E-state index contributed by atoms with van der Waals surface area (Å²) in [6, 6.07) is 0. The maximum absolute atomic E-state index is 10.9. The van der Waals surface area contributed by atoms with Gasteiger partial charge in [-0.15, -0.1) is 0 Å². The van der Waals surface area contributed by atoms with Crippen LogP contribution in [0.15, 0.2) is 11.6 Å². The maximum atomic E-state index is 10.9. The number of hydrogen-bond acceptors (Lipinski definition) is 1. The first kappa shape index (κ1) is 7.52. The van der Waals surface area contributed by atoms with E-state index in [-0.39, 0.29) is 5.92 Å². The Kier molecular flexibility index (Phi) is 2.25. The van der Waals surface area contributed by atoms with Gasteiger partial charge in [0.1, 0.15) is 5.78 Å². The maximum Gasteiger partial charge on any atom is 0.136 e. The Morgan fingerprint density at radius 1 is 1.70 bits per heavy atom. The molecule has 0 fully saturated rings. The first-order valence-corrected chi connectivity index (χ1v) is 3.88. The molecule has 1 aliphatic rings. The smallest absolute Gasteiger partial charge is 0.136 e. The van der Waals surface area contributed by atoms with Crippen LogP contribution in [0.25, 0.3) is 0 Å². The topological polar surface area (TPSA) is 17.1 Å². The molecule has 0 heterocycles. The summed E-state index contributed by atoms with van der Waals surface area (Å²) < 4.78 is 0. The largest absolute Gasteiger partial charge is 0.299 e. The number of allylic oxidation sites excluding steroid dienone is 2. The van der Waals surface area contributed by atoms with Crippen molar-refractivity contribution in [3.05, 3.63) is 11.6 Å². The molecule has 1 aliphatic carbocycles. The summed E-state index contributed by atoms with van der Waals surface area (Å²) >= 11 is 0. The van der Waals surface area contributed by atoms with Crippen molar-refractivity contribution < 1.29 is 4.79 Å². The van der Waals surface area contributed by atoms with E-state index in [9.17, 15) is 4.79 Å². The third-order valence-corrected chi connectivity index (χ3v) is 2.09. The SMILES string of the molecule is CC(=O)C1C=C(C)CCC1. The van der Waals surface area contributed by atoms with E-state index in [0.717, 1.165) is 6.42 Å². The van der Waals surface area contributed by atoms with E-state index >= 15 is 0 Å². The monoisotopic (exact) mass is 138 g/mol. The second-order valence-corrected chi connectivity index (χ2v) is 3.12. The van der Waals surface area contributed by atoms with Crippen LogP contribution in [-0.4, -0.2) is 5.78 Å². The Morgan fingerprint density at radius 2 is 2.40 bits per heavy atom. The van der Waals surface area contributed by atoms with Gasteiger partial charge in [-0.2, -0.15) is 0 Å². The van der Waals surface area contributed by atoms with Gasteiger partial charge in [-0.25, -0.2) is 0 Å². The zero-order valence-corrected chi connectivity index (χ0v) is 6.68. The fourth-order valence-electron chi connectivity index (χ4n) is 1.43. The van der Waals surface area contributed by atoms with E-state index in [4.69, 9.17) is 0 Å². The molecular formula is C9H14O. The lowest BCUT2D eigenvalue weighted by Gasteiger charge is -2.15. The van der Waals surface area contributed by atoms with E-state index in [2.05, 4.69) is 13.0 Å². The Labute approximate surface area is 62.1 Å². The van der Waals surface area contributed by atoms with Gasteiger partial charge in [0, 0.05) is 5.92 Å². The summed E-state index contributed by atoms with van der Waals surface area (Å²) in [5.74, 6) is 0.549. The van der Waals surface area contributed by atoms with Crippen LogP contribution in [0.4, 0.5) is 0 Å². The summed E-state index contributed by atoms with van der Waals surface area (Å²) in [5.41, 5.74) is 1.38. The lowest BCUT2D eigenvalue weighted by molar-refractivity contribution is -0.119. The summed E-state index contributed by atoms with van der Waals surface area (Å²) in [6.07, 6.45) is 5.55. The van der Waals surface area contributed by atoms with Gasteiger partial charge in [-0.05, 0) is 33.1 Å². The molecular weight excluding hydrogens is 124 g/mol. The van der Waals surface area contributed by atoms with Gasteiger partial charge in [0.25, 0.3) is 0 Å². The predicted octanol–water partition coefficient (Wildman–Crippen LogP) is 2.32. The molecule has 1 unspecified atom stereocenters. The van der Waals surface area contributed by atoms with Crippen LogP contribution in [0.1, 0.15) is 33.1 Å². The lowest BCUT2D eigenvalue weighted by Crippen LogP contribution is -2.11. The molecule has 1 nitrogen and oxygen atoms in total. The van der Waals surface area contributed by atoms with Gasteiger partial charge < -0.3 is 0 Å². The number of ketones is 1. The van der Waals surface area contributed by atoms with Crippen molar-refractivity contribution in [2.24, 2.45) is 5.92 Å². The van der Waals surface area contributed by atoms with Gasteiger partial charge in [-0.1, -0.05) is 11.6 Å². The second kappa shape index (κ2) is 3.00. The molecule has 1 rings (SSSR count). The van der Waals surface area contributed by atoms with Gasteiger partial charge in [0.15, 0.2) is 0 Å². The zero-order chi connectivity index (χ0) is 7.56. The fraction of sp³-hybridized carbons (Fsp3) is 0.667. The average Bonchev–Trinajstić information content (AvgIpc) is 1.88. The summed E-state index contributed by atoms with van der Waals surface area (Å²) in [4.78, 5) is 10.9. The molecule has 0 saturated heterocycles. The number of carbonyl (C=O) groups is 1. The number of carbonyl (C=O) groups excluding carboxylic acids is 1. The summed E-state index contributed by atoms with van der Waals surface area (Å²) in [6.45, 7) is 3.79. The molecule has 0 aromatic heterocycles. The Balaban J connectivity index is 2.62. The van der Waals surface area contributed by atoms with Gasteiger partial charge >= 0.3 is 0 Å². The zero-order valence-electron chi connectivity index (χ0n) is 6.68. The molecule has 10 heavy (non-hydrogen) atoms. The quantitative estimate of drug-likeness (QED) is 0.508. The fourth-order valence-corrected chi connectivity index (χ4v) is 1.43. The van der Waals surface area contributed by atoms with E-state index in [1.54, 1.807) is 6.92 Å². The average molecular weight is 138 g/mol. The molecule has 1 atom stereocenters. The standard InChI is InChI=1S/C9H14O/c1-7-4-3-5-9(6-7)8(2)10/h6,9H,3-5H2,1-2H3. The Morgan fingerprint density at radius 3 is 2.80 bits per heavy atom. The van der Waals surface area contributed by atoms with Crippen LogP contribution < -0.4 is 0 Å². The lowest BCUT2D eigenvalue weighted by atomic mass is 9.89. The highest BCUT2D eigenvalue weighted by molar-refractivity contribution is 5.80. The van der Waals surface area contributed by atoms with Crippen molar-refractivity contribution in [3.63, 3.8) is 0 Å². The van der Waals surface area contributed by atoms with E-state index in [0.29, 0.717) is 5.78 Å². The van der Waals surface area contributed by atoms with Crippen molar-refractivity contribution in [3.8, 4) is 0 Å². The molecule has 0 saturated carbocycles. The minimum absolute atomic E-state index is 0.230. The molecule has 0 N–H and O–H groups in total. The van der Waals surface area contributed by atoms with Crippen LogP contribution in [0.5, 0.6) is 0 Å². The molecule has 0 bridgehead atoms. The highest BCUT2D eigenvalue weighted by atomic mass is 16.1. The molecule has 0 aromatic carbocycles. The van der Waals surface area contributed by atoms with Gasteiger partial charge in [0.2, 0.25) is 0 Å². The molecule has 56 valence electrons.